The molecule has 0 saturated heterocycles. The summed E-state index contributed by atoms with van der Waals surface area (Å²) in [5.74, 6) is 0.876. The molecule has 10 heavy (non-hydrogen) atoms. The molecule has 0 radical (unpaired) electrons. The van der Waals surface area contributed by atoms with Gasteiger partial charge in [0, 0.05) is 18.8 Å². The van der Waals surface area contributed by atoms with Crippen LogP contribution in [0.4, 0.5) is 0 Å². The van der Waals surface area contributed by atoms with Crippen LogP contribution in [0.3, 0.4) is 0 Å². The summed E-state index contributed by atoms with van der Waals surface area (Å²) in [7, 11) is 0. The Morgan fingerprint density at radius 3 is 2.70 bits per heavy atom. The van der Waals surface area contributed by atoms with Crippen molar-refractivity contribution in [1.29, 1.82) is 0 Å². The minimum Gasteiger partial charge on any atom is -0.241 e. The van der Waals surface area contributed by atoms with Crippen molar-refractivity contribution in [3.63, 3.8) is 0 Å². The zero-order valence-electron chi connectivity index (χ0n) is 5.99. The summed E-state index contributed by atoms with van der Waals surface area (Å²) in [6.07, 6.45) is 8.38. The topological polar surface area (TPSA) is 25.8 Å². The zero-order valence-corrected chi connectivity index (χ0v) is 5.99. The Morgan fingerprint density at radius 1 is 1.40 bits per heavy atom. The minimum atomic E-state index is 0.831. The predicted molar refractivity (Wildman–Crippen MR) is 40.6 cm³/mol. The SMILES string of the molecule is CC=CCc1ncccn1. The average molecular weight is 134 g/mol. The van der Waals surface area contributed by atoms with Gasteiger partial charge >= 0.3 is 0 Å². The molecule has 1 aromatic rings. The summed E-state index contributed by atoms with van der Waals surface area (Å²) >= 11 is 0. The molecule has 0 aromatic carbocycles. The van der Waals surface area contributed by atoms with E-state index in [-0.39, 0.29) is 0 Å². The van der Waals surface area contributed by atoms with E-state index in [1.54, 1.807) is 12.4 Å². The summed E-state index contributed by atoms with van der Waals surface area (Å²) in [5, 5.41) is 0. The highest BCUT2D eigenvalue weighted by atomic mass is 14.8. The zero-order chi connectivity index (χ0) is 7.23. The van der Waals surface area contributed by atoms with Crippen LogP contribution in [0.5, 0.6) is 0 Å². The van der Waals surface area contributed by atoms with Crippen LogP contribution < -0.4 is 0 Å². The molecule has 0 saturated carbocycles. The highest BCUT2D eigenvalue weighted by molar-refractivity contribution is 4.95. The first-order chi connectivity index (χ1) is 4.93. The van der Waals surface area contributed by atoms with Gasteiger partial charge in [0.05, 0.1) is 0 Å². The molecule has 0 fully saturated rings. The van der Waals surface area contributed by atoms with E-state index in [1.807, 2.05) is 25.1 Å². The Bertz CT molecular complexity index is 204. The van der Waals surface area contributed by atoms with E-state index in [1.165, 1.54) is 0 Å². The summed E-state index contributed by atoms with van der Waals surface area (Å²) in [6.45, 7) is 1.99. The van der Waals surface area contributed by atoms with Gasteiger partial charge in [-0.15, -0.1) is 0 Å². The quantitative estimate of drug-likeness (QED) is 0.574. The standard InChI is InChI=1S/C8H10N2/c1-2-3-5-8-9-6-4-7-10-8/h2-4,6-7H,5H2,1H3. The van der Waals surface area contributed by atoms with Gasteiger partial charge in [0.25, 0.3) is 0 Å². The largest absolute Gasteiger partial charge is 0.241 e. The second-order valence-corrected chi connectivity index (χ2v) is 1.94. The van der Waals surface area contributed by atoms with E-state index in [0.717, 1.165) is 12.2 Å². The number of aromatic nitrogens is 2. The lowest BCUT2D eigenvalue weighted by atomic mass is 10.3. The Morgan fingerprint density at radius 2 is 2.10 bits per heavy atom. The van der Waals surface area contributed by atoms with Crippen LogP contribution >= 0.6 is 0 Å². The molecule has 0 unspecified atom stereocenters. The van der Waals surface area contributed by atoms with E-state index in [0.29, 0.717) is 0 Å². The third kappa shape index (κ3) is 1.97. The lowest BCUT2D eigenvalue weighted by Crippen LogP contribution is -1.89. The smallest absolute Gasteiger partial charge is 0.131 e. The van der Waals surface area contributed by atoms with Crippen molar-refractivity contribution in [2.75, 3.05) is 0 Å². The maximum atomic E-state index is 4.05. The minimum absolute atomic E-state index is 0.831. The molecular weight excluding hydrogens is 124 g/mol. The molecule has 1 heterocycles. The first-order valence-corrected chi connectivity index (χ1v) is 3.30. The molecule has 2 nitrogen and oxygen atoms in total. The molecule has 0 spiro atoms. The van der Waals surface area contributed by atoms with E-state index < -0.39 is 0 Å². The van der Waals surface area contributed by atoms with Crippen molar-refractivity contribution in [1.82, 2.24) is 9.97 Å². The van der Waals surface area contributed by atoms with Crippen molar-refractivity contribution in [2.45, 2.75) is 13.3 Å². The average Bonchev–Trinajstić information content (AvgIpc) is 2.03. The Kier molecular flexibility index (Phi) is 2.62. The van der Waals surface area contributed by atoms with Crippen LogP contribution in [0.25, 0.3) is 0 Å². The van der Waals surface area contributed by atoms with Gasteiger partial charge in [-0.25, -0.2) is 9.97 Å². The molecule has 0 N–H and O–H groups in total. The number of allylic oxidation sites excluding steroid dienone is 2. The third-order valence-electron chi connectivity index (χ3n) is 1.16. The van der Waals surface area contributed by atoms with Crippen LogP contribution in [0.1, 0.15) is 12.7 Å². The van der Waals surface area contributed by atoms with Gasteiger partial charge < -0.3 is 0 Å². The molecule has 2 heteroatoms. The highest BCUT2D eigenvalue weighted by Gasteiger charge is 1.86. The molecular formula is C8H10N2. The monoisotopic (exact) mass is 134 g/mol. The van der Waals surface area contributed by atoms with Crippen LogP contribution in [0, 0.1) is 0 Å². The van der Waals surface area contributed by atoms with Crippen molar-refractivity contribution >= 4 is 0 Å². The van der Waals surface area contributed by atoms with Crippen molar-refractivity contribution < 1.29 is 0 Å². The van der Waals surface area contributed by atoms with Crippen LogP contribution in [-0.2, 0) is 6.42 Å². The molecule has 0 atom stereocenters. The van der Waals surface area contributed by atoms with Crippen molar-refractivity contribution in [2.24, 2.45) is 0 Å². The second kappa shape index (κ2) is 3.77. The number of hydrogen-bond donors (Lipinski definition) is 0. The van der Waals surface area contributed by atoms with Gasteiger partial charge in [-0.05, 0) is 13.0 Å². The molecule has 0 aliphatic carbocycles. The van der Waals surface area contributed by atoms with Gasteiger partial charge in [-0.3, -0.25) is 0 Å². The van der Waals surface area contributed by atoms with E-state index in [2.05, 4.69) is 9.97 Å². The lowest BCUT2D eigenvalue weighted by molar-refractivity contribution is 0.988. The molecule has 0 amide bonds. The molecule has 1 aromatic heterocycles. The summed E-state index contributed by atoms with van der Waals surface area (Å²) in [6, 6.07) is 1.82. The molecule has 0 bridgehead atoms. The Hall–Kier alpha value is -1.18. The van der Waals surface area contributed by atoms with Gasteiger partial charge in [-0.1, -0.05) is 12.2 Å². The summed E-state index contributed by atoms with van der Waals surface area (Å²) < 4.78 is 0. The maximum absolute atomic E-state index is 4.05. The normalized spacial score (nSPS) is 10.5. The van der Waals surface area contributed by atoms with Crippen LogP contribution in [-0.4, -0.2) is 9.97 Å². The number of rotatable bonds is 2. The van der Waals surface area contributed by atoms with Crippen LogP contribution in [0.2, 0.25) is 0 Å². The van der Waals surface area contributed by atoms with Crippen molar-refractivity contribution in [3.05, 3.63) is 36.4 Å². The number of hydrogen-bond acceptors (Lipinski definition) is 2. The van der Waals surface area contributed by atoms with E-state index >= 15 is 0 Å². The van der Waals surface area contributed by atoms with Crippen molar-refractivity contribution in [3.8, 4) is 0 Å². The van der Waals surface area contributed by atoms with Gasteiger partial charge in [-0.2, -0.15) is 0 Å². The third-order valence-corrected chi connectivity index (χ3v) is 1.16. The van der Waals surface area contributed by atoms with E-state index in [9.17, 15) is 0 Å². The lowest BCUT2D eigenvalue weighted by Gasteiger charge is -1.89. The highest BCUT2D eigenvalue weighted by Crippen LogP contribution is 1.89. The fourth-order valence-electron chi connectivity index (χ4n) is 0.659. The first kappa shape index (κ1) is 6.93. The molecule has 1 rings (SSSR count). The van der Waals surface area contributed by atoms with Crippen LogP contribution in [0.15, 0.2) is 30.6 Å². The van der Waals surface area contributed by atoms with E-state index in [4.69, 9.17) is 0 Å². The second-order valence-electron chi connectivity index (χ2n) is 1.94. The fourth-order valence-corrected chi connectivity index (χ4v) is 0.659. The predicted octanol–water partition coefficient (Wildman–Crippen LogP) is 1.60. The van der Waals surface area contributed by atoms with Gasteiger partial charge in [0.1, 0.15) is 5.82 Å². The molecule has 0 aliphatic rings. The van der Waals surface area contributed by atoms with Gasteiger partial charge in [0.15, 0.2) is 0 Å². The number of nitrogens with zero attached hydrogens (tertiary/aromatic N) is 2. The fraction of sp³-hybridized carbons (Fsp3) is 0.250. The summed E-state index contributed by atoms with van der Waals surface area (Å²) in [4.78, 5) is 8.11. The Labute approximate surface area is 60.6 Å². The Balaban J connectivity index is 2.59. The summed E-state index contributed by atoms with van der Waals surface area (Å²) in [5.41, 5.74) is 0. The first-order valence-electron chi connectivity index (χ1n) is 3.30. The van der Waals surface area contributed by atoms with Gasteiger partial charge in [0.2, 0.25) is 0 Å². The molecule has 52 valence electrons. The molecule has 0 aliphatic heterocycles. The maximum Gasteiger partial charge on any atom is 0.131 e.